The summed E-state index contributed by atoms with van der Waals surface area (Å²) in [6.45, 7) is 0. The number of benzene rings is 1. The maximum atomic E-state index is 12.7. The summed E-state index contributed by atoms with van der Waals surface area (Å²) in [7, 11) is -3.49. The van der Waals surface area contributed by atoms with Crippen molar-refractivity contribution >= 4 is 16.0 Å². The number of carboxylic acid groups (broad SMARTS) is 1. The maximum Gasteiger partial charge on any atom is 0.303 e. The van der Waals surface area contributed by atoms with Gasteiger partial charge in [-0.3, -0.25) is 4.79 Å². The minimum absolute atomic E-state index is 0. The highest BCUT2D eigenvalue weighted by atomic mass is 32.2. The van der Waals surface area contributed by atoms with Gasteiger partial charge in [0.05, 0.1) is 4.90 Å². The molecule has 0 aliphatic heterocycles. The van der Waals surface area contributed by atoms with Crippen LogP contribution >= 0.6 is 0 Å². The highest BCUT2D eigenvalue weighted by Crippen LogP contribution is 2.50. The Morgan fingerprint density at radius 3 is 2.56 bits per heavy atom. The second-order valence-electron chi connectivity index (χ2n) is 7.45. The van der Waals surface area contributed by atoms with Crippen molar-refractivity contribution < 1.29 is 23.8 Å². The number of hydrogen-bond donors (Lipinski definition) is 2. The highest BCUT2D eigenvalue weighted by Gasteiger charge is 2.48. The SMILES string of the molecule is O.O=C(O)CCC/C=C\C[C@H]1[C@@H]2CC[C@@H](C2)[C@@H]1NS(=O)(=O)c1ccccc1. The minimum atomic E-state index is -3.49. The maximum absolute atomic E-state index is 12.7. The van der Waals surface area contributed by atoms with Crippen LogP contribution in [0, 0.1) is 17.8 Å². The summed E-state index contributed by atoms with van der Waals surface area (Å²) in [4.78, 5) is 10.9. The fraction of sp³-hybridized carbons (Fsp3) is 0.550. The Kier molecular flexibility index (Phi) is 7.59. The third-order valence-electron chi connectivity index (χ3n) is 5.77. The number of carbonyl (C=O) groups is 1. The third kappa shape index (κ3) is 5.40. The lowest BCUT2D eigenvalue weighted by Crippen LogP contribution is -2.43. The molecule has 0 amide bonds. The molecule has 0 spiro atoms. The summed E-state index contributed by atoms with van der Waals surface area (Å²) in [6, 6.07) is 8.57. The van der Waals surface area contributed by atoms with Crippen LogP contribution in [0.3, 0.4) is 0 Å². The van der Waals surface area contributed by atoms with Gasteiger partial charge in [0.1, 0.15) is 0 Å². The van der Waals surface area contributed by atoms with Crippen LogP contribution in [0.5, 0.6) is 0 Å². The lowest BCUT2D eigenvalue weighted by atomic mass is 9.83. The van der Waals surface area contributed by atoms with Crippen LogP contribution < -0.4 is 4.72 Å². The van der Waals surface area contributed by atoms with E-state index in [0.29, 0.717) is 29.1 Å². The number of aliphatic carboxylic acids is 1. The molecule has 2 aliphatic carbocycles. The van der Waals surface area contributed by atoms with Crippen LogP contribution in [0.25, 0.3) is 0 Å². The first-order valence-electron chi connectivity index (χ1n) is 9.41. The second kappa shape index (κ2) is 9.48. The van der Waals surface area contributed by atoms with Crippen molar-refractivity contribution in [2.75, 3.05) is 0 Å². The van der Waals surface area contributed by atoms with Crippen molar-refractivity contribution in [1.29, 1.82) is 0 Å². The van der Waals surface area contributed by atoms with Gasteiger partial charge in [-0.05, 0) is 68.4 Å². The first-order chi connectivity index (χ1) is 12.5. The molecule has 2 saturated carbocycles. The molecule has 0 heterocycles. The number of sulfonamides is 1. The molecule has 2 aliphatic rings. The van der Waals surface area contributed by atoms with E-state index in [1.807, 2.05) is 12.1 Å². The van der Waals surface area contributed by atoms with E-state index >= 15 is 0 Å². The monoisotopic (exact) mass is 395 g/mol. The molecule has 4 atom stereocenters. The van der Waals surface area contributed by atoms with Gasteiger partial charge < -0.3 is 10.6 Å². The van der Waals surface area contributed by atoms with E-state index in [9.17, 15) is 13.2 Å². The van der Waals surface area contributed by atoms with Crippen LogP contribution in [0.1, 0.15) is 44.9 Å². The number of hydrogen-bond acceptors (Lipinski definition) is 3. The quantitative estimate of drug-likeness (QED) is 0.494. The average Bonchev–Trinajstić information content (AvgIpc) is 3.20. The van der Waals surface area contributed by atoms with Crippen LogP contribution in [0.15, 0.2) is 47.4 Å². The first kappa shape index (κ1) is 21.6. The highest BCUT2D eigenvalue weighted by molar-refractivity contribution is 7.89. The van der Waals surface area contributed by atoms with Gasteiger partial charge in [-0.1, -0.05) is 30.4 Å². The molecule has 3 rings (SSSR count). The fourth-order valence-electron chi connectivity index (χ4n) is 4.52. The molecule has 4 N–H and O–H groups in total. The normalized spacial score (nSPS) is 27.0. The first-order valence-corrected chi connectivity index (χ1v) is 10.9. The molecule has 2 bridgehead atoms. The Morgan fingerprint density at radius 1 is 1.15 bits per heavy atom. The van der Waals surface area contributed by atoms with Gasteiger partial charge in [-0.25, -0.2) is 13.1 Å². The summed E-state index contributed by atoms with van der Waals surface area (Å²) < 4.78 is 28.4. The van der Waals surface area contributed by atoms with E-state index in [2.05, 4.69) is 10.8 Å². The van der Waals surface area contributed by atoms with E-state index in [4.69, 9.17) is 5.11 Å². The Morgan fingerprint density at radius 2 is 1.85 bits per heavy atom. The van der Waals surface area contributed by atoms with E-state index in [1.54, 1.807) is 24.3 Å². The van der Waals surface area contributed by atoms with E-state index in [0.717, 1.165) is 25.7 Å². The molecule has 27 heavy (non-hydrogen) atoms. The Hall–Kier alpha value is -1.70. The van der Waals surface area contributed by atoms with Crippen LogP contribution in [0.4, 0.5) is 0 Å². The van der Waals surface area contributed by atoms with Gasteiger partial charge in [0, 0.05) is 12.5 Å². The zero-order valence-corrected chi connectivity index (χ0v) is 16.2. The molecule has 1 aromatic rings. The number of nitrogens with one attached hydrogen (secondary N) is 1. The van der Waals surface area contributed by atoms with Crippen molar-refractivity contribution in [3.05, 3.63) is 42.5 Å². The van der Waals surface area contributed by atoms with Crippen molar-refractivity contribution in [2.45, 2.75) is 55.9 Å². The molecule has 6 nitrogen and oxygen atoms in total. The lowest BCUT2D eigenvalue weighted by Gasteiger charge is -2.31. The summed E-state index contributed by atoms with van der Waals surface area (Å²) in [5, 5.41) is 8.66. The van der Waals surface area contributed by atoms with Crippen LogP contribution in [0.2, 0.25) is 0 Å². The summed E-state index contributed by atoms with van der Waals surface area (Å²) in [5.41, 5.74) is 0. The smallest absolute Gasteiger partial charge is 0.303 e. The van der Waals surface area contributed by atoms with Crippen molar-refractivity contribution in [3.63, 3.8) is 0 Å². The van der Waals surface area contributed by atoms with E-state index < -0.39 is 16.0 Å². The molecular weight excluding hydrogens is 366 g/mol. The van der Waals surface area contributed by atoms with Gasteiger partial charge in [0.2, 0.25) is 10.0 Å². The lowest BCUT2D eigenvalue weighted by molar-refractivity contribution is -0.137. The molecule has 0 aromatic heterocycles. The molecule has 150 valence electrons. The zero-order valence-electron chi connectivity index (χ0n) is 15.4. The average molecular weight is 396 g/mol. The second-order valence-corrected chi connectivity index (χ2v) is 9.16. The number of carboxylic acids is 1. The molecule has 1 aromatic carbocycles. The van der Waals surface area contributed by atoms with Gasteiger partial charge >= 0.3 is 5.97 Å². The number of allylic oxidation sites excluding steroid dienone is 2. The Balaban J connectivity index is 0.00000261. The van der Waals surface area contributed by atoms with Crippen LogP contribution in [-0.4, -0.2) is 31.0 Å². The van der Waals surface area contributed by atoms with Gasteiger partial charge in [-0.2, -0.15) is 0 Å². The van der Waals surface area contributed by atoms with Gasteiger partial charge in [-0.15, -0.1) is 0 Å². The Bertz CT molecular complexity index is 747. The standard InChI is InChI=1S/C20H27NO4S.H2O/c22-19(23)11-7-2-1-6-10-18-15-12-13-16(14-15)20(18)21-26(24,25)17-8-4-3-5-9-17;/h1,3-6,8-9,15-16,18,20-21H,2,7,10-14H2,(H,22,23);1H2/b6-1-;/t15-,16+,18+,20+;/m1./s1. The van der Waals surface area contributed by atoms with E-state index in [-0.39, 0.29) is 17.9 Å². The number of rotatable bonds is 9. The largest absolute Gasteiger partial charge is 0.481 e. The summed E-state index contributed by atoms with van der Waals surface area (Å²) in [5.74, 6) is 0.598. The molecule has 0 radical (unpaired) electrons. The zero-order chi connectivity index (χ0) is 18.6. The van der Waals surface area contributed by atoms with Crippen molar-refractivity contribution in [2.24, 2.45) is 17.8 Å². The summed E-state index contributed by atoms with van der Waals surface area (Å²) in [6.07, 6.45) is 10.00. The predicted molar refractivity (Wildman–Crippen MR) is 104 cm³/mol. The van der Waals surface area contributed by atoms with Gasteiger partial charge in [0.25, 0.3) is 0 Å². The molecule has 7 heteroatoms. The fourth-order valence-corrected chi connectivity index (χ4v) is 5.90. The topological polar surface area (TPSA) is 115 Å². The van der Waals surface area contributed by atoms with Crippen LogP contribution in [-0.2, 0) is 14.8 Å². The van der Waals surface area contributed by atoms with Gasteiger partial charge in [0.15, 0.2) is 0 Å². The van der Waals surface area contributed by atoms with Crippen molar-refractivity contribution in [3.8, 4) is 0 Å². The summed E-state index contributed by atoms with van der Waals surface area (Å²) >= 11 is 0. The van der Waals surface area contributed by atoms with Crippen molar-refractivity contribution in [1.82, 2.24) is 4.72 Å². The molecule has 2 fully saturated rings. The molecule has 0 saturated heterocycles. The van der Waals surface area contributed by atoms with E-state index in [1.165, 1.54) is 6.42 Å². The molecule has 0 unspecified atom stereocenters. The molecular formula is C20H29NO5S. The Labute approximate surface area is 161 Å². The minimum Gasteiger partial charge on any atom is -0.481 e. The number of unbranched alkanes of at least 4 members (excludes halogenated alkanes) is 1. The number of fused-ring (bicyclic) bond motifs is 2. The third-order valence-corrected chi connectivity index (χ3v) is 7.24. The predicted octanol–water partition coefficient (Wildman–Crippen LogP) is 2.76.